The molecule has 0 heteroatoms. The lowest BCUT2D eigenvalue weighted by Gasteiger charge is -2.34. The van der Waals surface area contributed by atoms with Crippen molar-refractivity contribution in [3.8, 4) is 33.4 Å². The molecule has 0 bridgehead atoms. The second-order valence-electron chi connectivity index (χ2n) is 11.6. The molecule has 8 rings (SSSR count). The van der Waals surface area contributed by atoms with Crippen LogP contribution in [0.5, 0.6) is 0 Å². The zero-order valence-electron chi connectivity index (χ0n) is 24.7. The molecule has 0 N–H and O–H groups in total. The fourth-order valence-electron chi connectivity index (χ4n) is 7.37. The summed E-state index contributed by atoms with van der Waals surface area (Å²) in [5, 5.41) is 2.55. The zero-order valence-corrected chi connectivity index (χ0v) is 24.7. The summed E-state index contributed by atoms with van der Waals surface area (Å²) in [5.74, 6) is 0. The number of allylic oxidation sites excluding steroid dienone is 1. The van der Waals surface area contributed by atoms with Crippen molar-refractivity contribution < 1.29 is 0 Å². The molecule has 0 aliphatic heterocycles. The molecule has 44 heavy (non-hydrogen) atoms. The number of rotatable bonds is 5. The Bertz CT molecular complexity index is 2100. The van der Waals surface area contributed by atoms with Crippen molar-refractivity contribution in [3.05, 3.63) is 198 Å². The summed E-state index contributed by atoms with van der Waals surface area (Å²) in [6.45, 7) is 2.06. The van der Waals surface area contributed by atoms with Crippen molar-refractivity contribution in [2.24, 2.45) is 0 Å². The van der Waals surface area contributed by atoms with Gasteiger partial charge in [0.05, 0.1) is 5.41 Å². The summed E-state index contributed by atoms with van der Waals surface area (Å²) in [4.78, 5) is 0. The Morgan fingerprint density at radius 2 is 0.932 bits per heavy atom. The van der Waals surface area contributed by atoms with Crippen LogP contribution in [-0.2, 0) is 5.41 Å². The molecule has 0 heterocycles. The second kappa shape index (κ2) is 10.7. The molecule has 1 aliphatic carbocycles. The Hall–Kier alpha value is -5.46. The van der Waals surface area contributed by atoms with E-state index in [0.29, 0.717) is 0 Å². The van der Waals surface area contributed by atoms with E-state index in [4.69, 9.17) is 0 Å². The topological polar surface area (TPSA) is 0 Å². The predicted octanol–water partition coefficient (Wildman–Crippen LogP) is 11.6. The van der Waals surface area contributed by atoms with Gasteiger partial charge in [0.1, 0.15) is 0 Å². The lowest BCUT2D eigenvalue weighted by Crippen LogP contribution is -2.28. The standard InChI is InChI=1S/C44H32/c1-2-14-31-23-25-33(26-24-31)37-28-27-36(32-15-6-3-7-16-32)39-29-41-38-21-12-13-22-42(38)44(43(41)30-40(37)39,34-17-8-4-9-18-34)35-19-10-5-11-20-35/h2-30H,1H3/b14-2+. The van der Waals surface area contributed by atoms with Crippen molar-refractivity contribution in [1.29, 1.82) is 0 Å². The van der Waals surface area contributed by atoms with Gasteiger partial charge in [-0.1, -0.05) is 164 Å². The van der Waals surface area contributed by atoms with Crippen molar-refractivity contribution in [3.63, 3.8) is 0 Å². The van der Waals surface area contributed by atoms with Gasteiger partial charge in [-0.25, -0.2) is 0 Å². The van der Waals surface area contributed by atoms with Crippen LogP contribution in [0, 0.1) is 0 Å². The van der Waals surface area contributed by atoms with Gasteiger partial charge < -0.3 is 0 Å². The van der Waals surface area contributed by atoms with E-state index in [9.17, 15) is 0 Å². The highest BCUT2D eigenvalue weighted by atomic mass is 14.5. The van der Waals surface area contributed by atoms with E-state index in [1.165, 1.54) is 72.0 Å². The van der Waals surface area contributed by atoms with Gasteiger partial charge in [0, 0.05) is 0 Å². The molecule has 1 aliphatic rings. The van der Waals surface area contributed by atoms with Crippen LogP contribution in [0.1, 0.15) is 34.7 Å². The van der Waals surface area contributed by atoms with Gasteiger partial charge >= 0.3 is 0 Å². The first-order valence-electron chi connectivity index (χ1n) is 15.4. The Morgan fingerprint density at radius 1 is 0.409 bits per heavy atom. The summed E-state index contributed by atoms with van der Waals surface area (Å²) < 4.78 is 0. The summed E-state index contributed by atoms with van der Waals surface area (Å²) >= 11 is 0. The molecule has 0 spiro atoms. The third-order valence-electron chi connectivity index (χ3n) is 9.26. The van der Waals surface area contributed by atoms with Crippen LogP contribution in [0.3, 0.4) is 0 Å². The fraction of sp³-hybridized carbons (Fsp3) is 0.0455. The first kappa shape index (κ1) is 26.2. The third-order valence-corrected chi connectivity index (χ3v) is 9.26. The summed E-state index contributed by atoms with van der Waals surface area (Å²) in [6.07, 6.45) is 4.24. The average molecular weight is 561 g/mol. The van der Waals surface area contributed by atoms with Gasteiger partial charge in [0.15, 0.2) is 0 Å². The molecule has 0 saturated carbocycles. The minimum absolute atomic E-state index is 0.432. The smallest absolute Gasteiger partial charge is 0.0713 e. The van der Waals surface area contributed by atoms with Gasteiger partial charge in [-0.3, -0.25) is 0 Å². The Kier molecular flexibility index (Phi) is 6.35. The van der Waals surface area contributed by atoms with E-state index in [2.05, 4.69) is 183 Å². The van der Waals surface area contributed by atoms with E-state index in [1.54, 1.807) is 0 Å². The van der Waals surface area contributed by atoms with Gasteiger partial charge in [-0.05, 0) is 91.0 Å². The van der Waals surface area contributed by atoms with E-state index in [1.807, 2.05) is 0 Å². The molecule has 0 nitrogen and oxygen atoms in total. The maximum absolute atomic E-state index is 2.51. The molecule has 208 valence electrons. The molecule has 0 aromatic heterocycles. The van der Waals surface area contributed by atoms with Crippen molar-refractivity contribution in [2.75, 3.05) is 0 Å². The monoisotopic (exact) mass is 560 g/mol. The molecule has 0 amide bonds. The van der Waals surface area contributed by atoms with Crippen LogP contribution in [0.2, 0.25) is 0 Å². The van der Waals surface area contributed by atoms with Crippen molar-refractivity contribution in [2.45, 2.75) is 12.3 Å². The van der Waals surface area contributed by atoms with Crippen molar-refractivity contribution >= 4 is 16.8 Å². The third kappa shape index (κ3) is 3.99. The molecule has 7 aromatic carbocycles. The van der Waals surface area contributed by atoms with Gasteiger partial charge in [0.25, 0.3) is 0 Å². The highest BCUT2D eigenvalue weighted by Crippen LogP contribution is 2.57. The molecule has 0 fully saturated rings. The first-order chi connectivity index (χ1) is 21.8. The molecule has 0 radical (unpaired) electrons. The Labute approximate surface area is 259 Å². The van der Waals surface area contributed by atoms with E-state index >= 15 is 0 Å². The van der Waals surface area contributed by atoms with Crippen molar-refractivity contribution in [1.82, 2.24) is 0 Å². The summed E-state index contributed by atoms with van der Waals surface area (Å²) in [5.41, 5.74) is 13.6. The maximum Gasteiger partial charge on any atom is 0.0713 e. The lowest BCUT2D eigenvalue weighted by atomic mass is 9.67. The highest BCUT2D eigenvalue weighted by Gasteiger charge is 2.46. The molecule has 0 atom stereocenters. The quantitative estimate of drug-likeness (QED) is 0.196. The average Bonchev–Trinajstić information content (AvgIpc) is 3.39. The molecular weight excluding hydrogens is 528 g/mol. The second-order valence-corrected chi connectivity index (χ2v) is 11.6. The molecule has 0 unspecified atom stereocenters. The van der Waals surface area contributed by atoms with Crippen LogP contribution in [0.15, 0.2) is 170 Å². The zero-order chi connectivity index (χ0) is 29.5. The van der Waals surface area contributed by atoms with Crippen LogP contribution in [-0.4, -0.2) is 0 Å². The Morgan fingerprint density at radius 3 is 1.55 bits per heavy atom. The van der Waals surface area contributed by atoms with Gasteiger partial charge in [-0.15, -0.1) is 0 Å². The lowest BCUT2D eigenvalue weighted by molar-refractivity contribution is 0.769. The Balaban J connectivity index is 1.51. The normalized spacial score (nSPS) is 13.2. The SMILES string of the molecule is C/C=C/c1ccc(-c2ccc(-c3ccccc3)c3cc4c(cc23)C(c2ccccc2)(c2ccccc2)c2ccccc2-4)cc1. The largest absolute Gasteiger partial charge is 0.0871 e. The fourth-order valence-corrected chi connectivity index (χ4v) is 7.37. The summed E-state index contributed by atoms with van der Waals surface area (Å²) in [6, 6.07) is 60.5. The van der Waals surface area contributed by atoms with Gasteiger partial charge in [-0.2, -0.15) is 0 Å². The van der Waals surface area contributed by atoms with Crippen LogP contribution < -0.4 is 0 Å². The molecular formula is C44H32. The summed E-state index contributed by atoms with van der Waals surface area (Å²) in [7, 11) is 0. The molecule has 0 saturated heterocycles. The predicted molar refractivity (Wildman–Crippen MR) is 187 cm³/mol. The van der Waals surface area contributed by atoms with Crippen LogP contribution in [0.25, 0.3) is 50.2 Å². The highest BCUT2D eigenvalue weighted by molar-refractivity contribution is 6.08. The van der Waals surface area contributed by atoms with Crippen LogP contribution in [0.4, 0.5) is 0 Å². The minimum Gasteiger partial charge on any atom is -0.0871 e. The first-order valence-corrected chi connectivity index (χ1v) is 15.4. The number of hydrogen-bond acceptors (Lipinski definition) is 0. The number of benzene rings is 7. The van der Waals surface area contributed by atoms with Crippen LogP contribution >= 0.6 is 0 Å². The van der Waals surface area contributed by atoms with E-state index < -0.39 is 5.41 Å². The van der Waals surface area contributed by atoms with E-state index in [-0.39, 0.29) is 0 Å². The van der Waals surface area contributed by atoms with E-state index in [0.717, 1.165) is 0 Å². The minimum atomic E-state index is -0.432. The van der Waals surface area contributed by atoms with Gasteiger partial charge in [0.2, 0.25) is 0 Å². The number of hydrogen-bond donors (Lipinski definition) is 0. The number of fused-ring (bicyclic) bond motifs is 4. The molecule has 7 aromatic rings. The maximum atomic E-state index is 2.51.